The lowest BCUT2D eigenvalue weighted by Crippen LogP contribution is -2.38. The largest absolute Gasteiger partial charge is 0.481 e. The summed E-state index contributed by atoms with van der Waals surface area (Å²) < 4.78 is 1.47. The van der Waals surface area contributed by atoms with Gasteiger partial charge >= 0.3 is 12.0 Å². The number of hydrogen-bond donors (Lipinski definition) is 2. The number of likely N-dealkylation sites (tertiary alicyclic amines) is 1. The van der Waals surface area contributed by atoms with E-state index in [0.29, 0.717) is 24.5 Å². The number of rotatable bonds is 3. The number of carboxylic acid groups (broad SMARTS) is 1. The van der Waals surface area contributed by atoms with Gasteiger partial charge in [0.15, 0.2) is 5.82 Å². The zero-order chi connectivity index (χ0) is 17.4. The first-order valence-corrected chi connectivity index (χ1v) is 8.19. The Hall–Kier alpha value is -2.97. The molecular weight excluding hydrogens is 324 g/mol. The van der Waals surface area contributed by atoms with Gasteiger partial charge in [0.25, 0.3) is 0 Å². The van der Waals surface area contributed by atoms with Crippen molar-refractivity contribution in [2.75, 3.05) is 18.4 Å². The number of amides is 2. The van der Waals surface area contributed by atoms with Crippen LogP contribution in [0, 0.1) is 11.3 Å². The van der Waals surface area contributed by atoms with Crippen LogP contribution >= 0.6 is 0 Å². The predicted molar refractivity (Wildman–Crippen MR) is 87.2 cm³/mol. The molecule has 4 rings (SSSR count). The summed E-state index contributed by atoms with van der Waals surface area (Å²) >= 11 is 0. The summed E-state index contributed by atoms with van der Waals surface area (Å²) in [7, 11) is 0. The Morgan fingerprint density at radius 2 is 2.28 bits per heavy atom. The van der Waals surface area contributed by atoms with E-state index in [1.54, 1.807) is 23.2 Å². The summed E-state index contributed by atoms with van der Waals surface area (Å²) in [4.78, 5) is 34.1. The number of carbonyl (C=O) groups excluding carboxylic acids is 1. The Kier molecular flexibility index (Phi) is 3.63. The second-order valence-electron chi connectivity index (χ2n) is 6.58. The Morgan fingerprint density at radius 3 is 3.00 bits per heavy atom. The molecule has 2 aliphatic rings. The van der Waals surface area contributed by atoms with Gasteiger partial charge in [0.1, 0.15) is 12.7 Å². The van der Waals surface area contributed by atoms with Crippen molar-refractivity contribution in [2.45, 2.75) is 19.3 Å². The van der Waals surface area contributed by atoms with Crippen LogP contribution in [0.3, 0.4) is 0 Å². The van der Waals surface area contributed by atoms with Gasteiger partial charge in [-0.15, -0.1) is 0 Å². The first-order valence-electron chi connectivity index (χ1n) is 8.19. The van der Waals surface area contributed by atoms with Crippen molar-refractivity contribution in [3.63, 3.8) is 0 Å². The summed E-state index contributed by atoms with van der Waals surface area (Å²) in [6.07, 6.45) is 6.88. The molecule has 25 heavy (non-hydrogen) atoms. The fourth-order valence-electron chi connectivity index (χ4n) is 3.98. The van der Waals surface area contributed by atoms with Crippen LogP contribution in [0.4, 0.5) is 10.5 Å². The van der Waals surface area contributed by atoms with Crippen LogP contribution < -0.4 is 5.32 Å². The highest BCUT2D eigenvalue weighted by Gasteiger charge is 2.55. The minimum absolute atomic E-state index is 0.0273. The number of hydrogen-bond acceptors (Lipinski definition) is 5. The number of nitrogens with one attached hydrogen (secondary N) is 1. The fraction of sp³-hybridized carbons (Fsp3) is 0.438. The summed E-state index contributed by atoms with van der Waals surface area (Å²) in [5.41, 5.74) is -0.291. The van der Waals surface area contributed by atoms with Crippen molar-refractivity contribution < 1.29 is 14.7 Å². The highest BCUT2D eigenvalue weighted by Crippen LogP contribution is 2.48. The molecule has 0 unspecified atom stereocenters. The Labute approximate surface area is 143 Å². The Bertz CT molecular complexity index is 808. The van der Waals surface area contributed by atoms with Crippen molar-refractivity contribution in [3.8, 4) is 5.82 Å². The number of urea groups is 1. The number of nitrogens with zero attached hydrogens (tertiary/aromatic N) is 5. The van der Waals surface area contributed by atoms with Crippen molar-refractivity contribution in [2.24, 2.45) is 11.3 Å². The predicted octanol–water partition coefficient (Wildman–Crippen LogP) is 1.38. The maximum absolute atomic E-state index is 12.7. The molecule has 1 saturated heterocycles. The fourth-order valence-corrected chi connectivity index (χ4v) is 3.98. The standard InChI is InChI=1S/C16H18N6O3/c23-14(24)16-5-1-3-11(16)7-21(8-16)15(25)20-12-4-2-6-18-13(12)22-10-17-9-19-22/h2,4,6,9-11H,1,3,5,7-8H2,(H,20,25)(H,23,24)/t11-,16+/m0/s1. The monoisotopic (exact) mass is 342 g/mol. The van der Waals surface area contributed by atoms with E-state index in [1.165, 1.54) is 17.3 Å². The summed E-state index contributed by atoms with van der Waals surface area (Å²) in [5, 5.41) is 16.5. The second kappa shape index (κ2) is 5.83. The molecule has 2 atom stereocenters. The lowest BCUT2D eigenvalue weighted by molar-refractivity contribution is -0.149. The molecule has 1 aliphatic heterocycles. The van der Waals surface area contributed by atoms with E-state index >= 15 is 0 Å². The highest BCUT2D eigenvalue weighted by molar-refractivity contribution is 5.92. The molecule has 9 heteroatoms. The minimum atomic E-state index is -0.796. The molecule has 130 valence electrons. The van der Waals surface area contributed by atoms with E-state index in [-0.39, 0.29) is 18.5 Å². The van der Waals surface area contributed by atoms with E-state index in [0.717, 1.165) is 12.8 Å². The minimum Gasteiger partial charge on any atom is -0.481 e. The van der Waals surface area contributed by atoms with E-state index in [1.807, 2.05) is 0 Å². The zero-order valence-electron chi connectivity index (χ0n) is 13.5. The van der Waals surface area contributed by atoms with Gasteiger partial charge in [0.2, 0.25) is 0 Å². The van der Waals surface area contributed by atoms with Crippen LogP contribution in [0.1, 0.15) is 19.3 Å². The summed E-state index contributed by atoms with van der Waals surface area (Å²) in [5.74, 6) is -0.310. The lowest BCUT2D eigenvalue weighted by atomic mass is 9.81. The van der Waals surface area contributed by atoms with Gasteiger partial charge in [0, 0.05) is 19.3 Å². The van der Waals surface area contributed by atoms with E-state index < -0.39 is 11.4 Å². The molecule has 1 saturated carbocycles. The second-order valence-corrected chi connectivity index (χ2v) is 6.58. The molecule has 0 radical (unpaired) electrons. The third-order valence-electron chi connectivity index (χ3n) is 5.25. The van der Waals surface area contributed by atoms with Gasteiger partial charge < -0.3 is 15.3 Å². The summed E-state index contributed by atoms with van der Waals surface area (Å²) in [6.45, 7) is 0.717. The van der Waals surface area contributed by atoms with Crippen molar-refractivity contribution in [1.29, 1.82) is 0 Å². The van der Waals surface area contributed by atoms with E-state index in [2.05, 4.69) is 20.4 Å². The molecule has 0 spiro atoms. The molecule has 0 aromatic carbocycles. The maximum atomic E-state index is 12.7. The van der Waals surface area contributed by atoms with Crippen molar-refractivity contribution in [3.05, 3.63) is 31.0 Å². The Balaban J connectivity index is 1.54. The average molecular weight is 342 g/mol. The van der Waals surface area contributed by atoms with Crippen LogP contribution in [0.25, 0.3) is 5.82 Å². The molecule has 2 amide bonds. The molecule has 3 heterocycles. The molecule has 9 nitrogen and oxygen atoms in total. The number of anilines is 1. The van der Waals surface area contributed by atoms with Gasteiger partial charge in [0.05, 0.1) is 11.1 Å². The topological polar surface area (TPSA) is 113 Å². The molecule has 2 aromatic rings. The number of pyridine rings is 1. The van der Waals surface area contributed by atoms with Crippen LogP contribution in [-0.4, -0.2) is 54.8 Å². The zero-order valence-corrected chi connectivity index (χ0v) is 13.5. The lowest BCUT2D eigenvalue weighted by Gasteiger charge is -2.23. The van der Waals surface area contributed by atoms with Crippen molar-refractivity contribution in [1.82, 2.24) is 24.6 Å². The summed E-state index contributed by atoms with van der Waals surface area (Å²) in [6, 6.07) is 3.13. The molecule has 2 fully saturated rings. The van der Waals surface area contributed by atoms with Gasteiger partial charge in [-0.05, 0) is 30.9 Å². The van der Waals surface area contributed by atoms with Crippen LogP contribution in [0.5, 0.6) is 0 Å². The molecular formula is C16H18N6O3. The maximum Gasteiger partial charge on any atom is 0.321 e. The van der Waals surface area contributed by atoms with Gasteiger partial charge in [-0.2, -0.15) is 5.10 Å². The number of aliphatic carboxylic acids is 1. The first kappa shape index (κ1) is 15.6. The van der Waals surface area contributed by atoms with E-state index in [9.17, 15) is 14.7 Å². The quantitative estimate of drug-likeness (QED) is 0.871. The normalized spacial score (nSPS) is 25.0. The van der Waals surface area contributed by atoms with Gasteiger partial charge in [-0.3, -0.25) is 4.79 Å². The average Bonchev–Trinajstić information content (AvgIpc) is 3.31. The Morgan fingerprint density at radius 1 is 1.40 bits per heavy atom. The third-order valence-corrected chi connectivity index (χ3v) is 5.25. The third kappa shape index (κ3) is 2.51. The van der Waals surface area contributed by atoms with Crippen molar-refractivity contribution >= 4 is 17.7 Å². The molecule has 2 aromatic heterocycles. The number of carbonyl (C=O) groups is 2. The van der Waals surface area contributed by atoms with Gasteiger partial charge in [-0.25, -0.2) is 19.4 Å². The highest BCUT2D eigenvalue weighted by atomic mass is 16.4. The smallest absolute Gasteiger partial charge is 0.321 e. The molecule has 2 N–H and O–H groups in total. The van der Waals surface area contributed by atoms with Crippen LogP contribution in [-0.2, 0) is 4.79 Å². The molecule has 0 bridgehead atoms. The van der Waals surface area contributed by atoms with Crippen LogP contribution in [0.2, 0.25) is 0 Å². The first-order chi connectivity index (χ1) is 12.1. The van der Waals surface area contributed by atoms with E-state index in [4.69, 9.17) is 0 Å². The number of carboxylic acids is 1. The van der Waals surface area contributed by atoms with Gasteiger partial charge in [-0.1, -0.05) is 6.42 Å². The number of fused-ring (bicyclic) bond motifs is 1. The SMILES string of the molecule is O=C(Nc1cccnc1-n1cncn1)N1C[C@@H]2CCC[C@@]2(C(=O)O)C1. The number of aromatic nitrogens is 4. The van der Waals surface area contributed by atoms with Crippen LogP contribution in [0.15, 0.2) is 31.0 Å². The molecule has 1 aliphatic carbocycles.